The Bertz CT molecular complexity index is 1100. The number of para-hydroxylation sites is 1. The number of hydrogen-bond donors (Lipinski definition) is 2. The third-order valence-corrected chi connectivity index (χ3v) is 6.71. The Hall–Kier alpha value is -2.64. The molecule has 0 bridgehead atoms. The Morgan fingerprint density at radius 1 is 1.07 bits per heavy atom. The Morgan fingerprint density at radius 3 is 2.32 bits per heavy atom. The molecule has 3 N–H and O–H groups in total. The van der Waals surface area contributed by atoms with Crippen molar-refractivity contribution in [2.45, 2.75) is 31.9 Å². The molecule has 3 rings (SSSR count). The van der Waals surface area contributed by atoms with Crippen LogP contribution in [0, 0.1) is 0 Å². The number of primary amides is 1. The van der Waals surface area contributed by atoms with Crippen LogP contribution < -0.4 is 10.5 Å². The van der Waals surface area contributed by atoms with E-state index in [1.54, 1.807) is 19.9 Å². The molecular formula is C21H25N3O3S. The summed E-state index contributed by atoms with van der Waals surface area (Å²) in [7, 11) is -3.29. The van der Waals surface area contributed by atoms with E-state index in [-0.39, 0.29) is 5.92 Å². The van der Waals surface area contributed by atoms with Crippen LogP contribution in [-0.2, 0) is 10.0 Å². The smallest absolute Gasteiger partial charge is 0.265 e. The van der Waals surface area contributed by atoms with Crippen molar-refractivity contribution in [3.05, 3.63) is 65.9 Å². The molecule has 1 heterocycles. The minimum Gasteiger partial charge on any atom is -0.364 e. The Morgan fingerprint density at radius 2 is 1.71 bits per heavy atom. The van der Waals surface area contributed by atoms with Crippen molar-refractivity contribution in [1.82, 2.24) is 9.29 Å². The molecule has 2 aromatic carbocycles. The highest BCUT2D eigenvalue weighted by atomic mass is 32.2. The Kier molecular flexibility index (Phi) is 5.58. The van der Waals surface area contributed by atoms with Crippen LogP contribution in [0.15, 0.2) is 54.6 Å². The monoisotopic (exact) mass is 399 g/mol. The number of carbonyl (C=O) groups excluding carboxylic acids is 1. The van der Waals surface area contributed by atoms with Gasteiger partial charge in [0.25, 0.3) is 5.91 Å². The summed E-state index contributed by atoms with van der Waals surface area (Å²) < 4.78 is 28.4. The lowest BCUT2D eigenvalue weighted by molar-refractivity contribution is 0.0994. The largest absolute Gasteiger partial charge is 0.364 e. The van der Waals surface area contributed by atoms with E-state index in [1.807, 2.05) is 60.0 Å². The predicted molar refractivity (Wildman–Crippen MR) is 112 cm³/mol. The number of nitrogens with zero attached hydrogens (tertiary/aromatic N) is 1. The summed E-state index contributed by atoms with van der Waals surface area (Å²) in [6.07, 6.45) is 0. The van der Waals surface area contributed by atoms with E-state index in [0.29, 0.717) is 12.2 Å². The summed E-state index contributed by atoms with van der Waals surface area (Å²) >= 11 is 0. The van der Waals surface area contributed by atoms with Gasteiger partial charge in [-0.15, -0.1) is 0 Å². The molecule has 0 aliphatic rings. The molecule has 7 heteroatoms. The summed E-state index contributed by atoms with van der Waals surface area (Å²) in [6.45, 7) is 5.61. The van der Waals surface area contributed by atoms with Crippen molar-refractivity contribution < 1.29 is 13.2 Å². The van der Waals surface area contributed by atoms with E-state index in [4.69, 9.17) is 5.73 Å². The fraction of sp³-hybridized carbons (Fsp3) is 0.286. The summed E-state index contributed by atoms with van der Waals surface area (Å²) in [5.41, 5.74) is 8.74. The topological polar surface area (TPSA) is 94.2 Å². The maximum atomic E-state index is 11.9. The molecule has 1 aromatic heterocycles. The zero-order valence-electron chi connectivity index (χ0n) is 16.2. The number of sulfonamides is 1. The fourth-order valence-corrected chi connectivity index (χ4v) is 3.91. The summed E-state index contributed by atoms with van der Waals surface area (Å²) in [5.74, 6) is -0.476. The van der Waals surface area contributed by atoms with Crippen LogP contribution in [0.4, 0.5) is 0 Å². The lowest BCUT2D eigenvalue weighted by atomic mass is 10.0. The molecule has 0 aliphatic carbocycles. The first kappa shape index (κ1) is 20.1. The van der Waals surface area contributed by atoms with Gasteiger partial charge in [-0.3, -0.25) is 4.79 Å². The van der Waals surface area contributed by atoms with Gasteiger partial charge in [0.15, 0.2) is 0 Å². The maximum absolute atomic E-state index is 11.9. The number of fused-ring (bicyclic) bond motifs is 1. The second kappa shape index (κ2) is 7.77. The summed E-state index contributed by atoms with van der Waals surface area (Å²) in [4.78, 5) is 11.9. The predicted octanol–water partition coefficient (Wildman–Crippen LogP) is 3.16. The van der Waals surface area contributed by atoms with Gasteiger partial charge in [0.1, 0.15) is 5.69 Å². The molecule has 148 valence electrons. The van der Waals surface area contributed by atoms with Crippen LogP contribution >= 0.6 is 0 Å². The number of benzene rings is 2. The van der Waals surface area contributed by atoms with Crippen molar-refractivity contribution in [1.29, 1.82) is 0 Å². The molecule has 0 spiro atoms. The number of nitrogens with two attached hydrogens (primary N) is 1. The number of carbonyl (C=O) groups is 1. The van der Waals surface area contributed by atoms with Gasteiger partial charge in [-0.25, -0.2) is 13.1 Å². The molecule has 3 aromatic rings. The van der Waals surface area contributed by atoms with Crippen molar-refractivity contribution in [2.75, 3.05) is 6.54 Å². The van der Waals surface area contributed by atoms with Gasteiger partial charge in [-0.1, -0.05) is 37.3 Å². The number of aromatic nitrogens is 1. The molecule has 1 atom stereocenters. The van der Waals surface area contributed by atoms with E-state index in [0.717, 1.165) is 22.2 Å². The van der Waals surface area contributed by atoms with E-state index in [9.17, 15) is 13.2 Å². The highest BCUT2D eigenvalue weighted by molar-refractivity contribution is 7.90. The first-order valence-corrected chi connectivity index (χ1v) is 10.7. The van der Waals surface area contributed by atoms with Gasteiger partial charge in [0.05, 0.1) is 10.8 Å². The lowest BCUT2D eigenvalue weighted by Crippen LogP contribution is -2.33. The van der Waals surface area contributed by atoms with Gasteiger partial charge < -0.3 is 10.3 Å². The number of rotatable bonds is 7. The average Bonchev–Trinajstić information content (AvgIpc) is 3.06. The molecule has 1 amide bonds. The van der Waals surface area contributed by atoms with Crippen LogP contribution in [0.5, 0.6) is 0 Å². The summed E-state index contributed by atoms with van der Waals surface area (Å²) in [5, 5.41) is 0.480. The SMILES string of the molecule is CC(CNS(=O)(=O)C(C)C)c1ccc(-n2c(C(N)=O)cc3ccccc32)cc1. The third kappa shape index (κ3) is 3.95. The highest BCUT2D eigenvalue weighted by Gasteiger charge is 2.18. The second-order valence-corrected chi connectivity index (χ2v) is 9.54. The standard InChI is InChI=1S/C21H25N3O3S/c1-14(2)28(26,27)23-13-15(3)16-8-10-18(11-9-16)24-19-7-5-4-6-17(19)12-20(24)21(22)25/h4-12,14-15,23H,13H2,1-3H3,(H2,22,25). The molecule has 0 radical (unpaired) electrons. The molecule has 0 saturated carbocycles. The lowest BCUT2D eigenvalue weighted by Gasteiger charge is -2.16. The third-order valence-electron chi connectivity index (χ3n) is 4.89. The minimum absolute atomic E-state index is 0.0135. The van der Waals surface area contributed by atoms with E-state index >= 15 is 0 Å². The molecule has 0 fully saturated rings. The molecule has 0 saturated heterocycles. The van der Waals surface area contributed by atoms with E-state index in [2.05, 4.69) is 4.72 Å². The number of nitrogens with one attached hydrogen (secondary N) is 1. The van der Waals surface area contributed by atoms with Crippen LogP contribution in [0.1, 0.15) is 42.7 Å². The van der Waals surface area contributed by atoms with Crippen LogP contribution in [0.25, 0.3) is 16.6 Å². The average molecular weight is 400 g/mol. The molecule has 28 heavy (non-hydrogen) atoms. The zero-order chi connectivity index (χ0) is 20.5. The van der Waals surface area contributed by atoms with E-state index < -0.39 is 21.2 Å². The van der Waals surface area contributed by atoms with Gasteiger partial charge >= 0.3 is 0 Å². The second-order valence-electron chi connectivity index (χ2n) is 7.22. The van der Waals surface area contributed by atoms with Crippen molar-refractivity contribution >= 4 is 26.8 Å². The van der Waals surface area contributed by atoms with Crippen molar-refractivity contribution in [3.63, 3.8) is 0 Å². The summed E-state index contributed by atoms with van der Waals surface area (Å²) in [6, 6.07) is 17.2. The molecule has 1 unspecified atom stereocenters. The van der Waals surface area contributed by atoms with Crippen molar-refractivity contribution in [2.24, 2.45) is 5.73 Å². The number of amides is 1. The first-order chi connectivity index (χ1) is 13.2. The van der Waals surface area contributed by atoms with Gasteiger partial charge in [-0.2, -0.15) is 0 Å². The molecule has 6 nitrogen and oxygen atoms in total. The van der Waals surface area contributed by atoms with E-state index in [1.165, 1.54) is 0 Å². The minimum atomic E-state index is -3.29. The van der Waals surface area contributed by atoms with Crippen LogP contribution in [0.3, 0.4) is 0 Å². The Labute approximate surface area is 165 Å². The maximum Gasteiger partial charge on any atom is 0.265 e. The molecular weight excluding hydrogens is 374 g/mol. The van der Waals surface area contributed by atoms with Crippen LogP contribution in [-0.4, -0.2) is 30.7 Å². The quantitative estimate of drug-likeness (QED) is 0.639. The van der Waals surface area contributed by atoms with Gasteiger partial charge in [0, 0.05) is 17.6 Å². The highest BCUT2D eigenvalue weighted by Crippen LogP contribution is 2.25. The zero-order valence-corrected chi connectivity index (χ0v) is 17.0. The molecule has 0 aliphatic heterocycles. The van der Waals surface area contributed by atoms with Crippen LogP contribution in [0.2, 0.25) is 0 Å². The van der Waals surface area contributed by atoms with Gasteiger partial charge in [-0.05, 0) is 49.6 Å². The van der Waals surface area contributed by atoms with Gasteiger partial charge in [0.2, 0.25) is 10.0 Å². The normalized spacial score (nSPS) is 13.1. The fourth-order valence-electron chi connectivity index (χ4n) is 3.09. The van der Waals surface area contributed by atoms with Crippen molar-refractivity contribution in [3.8, 4) is 5.69 Å². The number of hydrogen-bond acceptors (Lipinski definition) is 3. The first-order valence-electron chi connectivity index (χ1n) is 9.20. The Balaban J connectivity index is 1.88.